The number of piperidine rings is 1. The molecule has 2 heterocycles. The summed E-state index contributed by atoms with van der Waals surface area (Å²) in [7, 11) is 1.37. The van der Waals surface area contributed by atoms with Gasteiger partial charge in [-0.3, -0.25) is 4.79 Å². The summed E-state index contributed by atoms with van der Waals surface area (Å²) in [5, 5.41) is 12.9. The van der Waals surface area contributed by atoms with E-state index < -0.39 is 18.1 Å². The number of carbonyl (C=O) groups excluding carboxylic acids is 3. The van der Waals surface area contributed by atoms with E-state index in [2.05, 4.69) is 5.32 Å². The van der Waals surface area contributed by atoms with Crippen LogP contribution in [0.2, 0.25) is 5.02 Å². The van der Waals surface area contributed by atoms with Gasteiger partial charge in [-0.1, -0.05) is 29.8 Å². The predicted molar refractivity (Wildman–Crippen MR) is 133 cm³/mol. The number of rotatable bonds is 6. The maximum Gasteiger partial charge on any atom is 0.410 e. The van der Waals surface area contributed by atoms with Gasteiger partial charge in [-0.05, 0) is 48.6 Å². The van der Waals surface area contributed by atoms with Gasteiger partial charge in [0.05, 0.1) is 12.1 Å². The molecule has 2 aliphatic rings. The third-order valence-electron chi connectivity index (χ3n) is 6.59. The minimum absolute atomic E-state index is 0.0121. The van der Waals surface area contributed by atoms with E-state index in [-0.39, 0.29) is 35.0 Å². The second-order valence-corrected chi connectivity index (χ2v) is 9.26. The number of phenolic OH excluding ortho intramolecular Hbond substituents is 1. The summed E-state index contributed by atoms with van der Waals surface area (Å²) in [6.07, 6.45) is 0.0269. The first kappa shape index (κ1) is 25.4. The molecule has 4 N–H and O–H groups in total. The number of phenols is 1. The van der Waals surface area contributed by atoms with E-state index in [4.69, 9.17) is 26.8 Å². The number of nitrogens with one attached hydrogen (secondary N) is 1. The molecule has 11 heteroatoms. The summed E-state index contributed by atoms with van der Waals surface area (Å²) in [6, 6.07) is 10.6. The molecular formula is C25H29ClN4O6. The van der Waals surface area contributed by atoms with Gasteiger partial charge in [0.25, 0.3) is 5.91 Å². The topological polar surface area (TPSA) is 134 Å². The highest BCUT2D eigenvalue weighted by molar-refractivity contribution is 6.32. The Morgan fingerprint density at radius 2 is 1.94 bits per heavy atom. The van der Waals surface area contributed by atoms with Crippen LogP contribution in [-0.2, 0) is 22.4 Å². The summed E-state index contributed by atoms with van der Waals surface area (Å²) in [5.41, 5.74) is 7.93. The van der Waals surface area contributed by atoms with Gasteiger partial charge in [-0.2, -0.15) is 0 Å². The van der Waals surface area contributed by atoms with Gasteiger partial charge in [0.1, 0.15) is 0 Å². The number of likely N-dealkylation sites (tertiary alicyclic amines) is 1. The number of nitrogens with zero attached hydrogens (tertiary/aromatic N) is 2. The van der Waals surface area contributed by atoms with E-state index in [1.807, 2.05) is 29.2 Å². The van der Waals surface area contributed by atoms with E-state index in [0.717, 1.165) is 17.7 Å². The number of benzene rings is 2. The maximum absolute atomic E-state index is 12.8. The molecule has 192 valence electrons. The van der Waals surface area contributed by atoms with Crippen molar-refractivity contribution in [2.24, 2.45) is 5.73 Å². The molecule has 0 unspecified atom stereocenters. The fraction of sp³-hybridized carbons (Fsp3) is 0.400. The van der Waals surface area contributed by atoms with Crippen molar-refractivity contribution in [3.05, 3.63) is 52.5 Å². The van der Waals surface area contributed by atoms with Crippen molar-refractivity contribution in [1.29, 1.82) is 0 Å². The van der Waals surface area contributed by atoms with E-state index in [9.17, 15) is 19.5 Å². The molecule has 1 saturated heterocycles. The highest BCUT2D eigenvalue weighted by atomic mass is 35.5. The van der Waals surface area contributed by atoms with E-state index in [1.54, 1.807) is 0 Å². The second kappa shape index (κ2) is 10.9. The number of hydrogen-bond acceptors (Lipinski definition) is 6. The number of anilines is 1. The number of nitrogens with two attached hydrogens (primary N) is 1. The lowest BCUT2D eigenvalue weighted by molar-refractivity contribution is -0.126. The Morgan fingerprint density at radius 1 is 1.22 bits per heavy atom. The van der Waals surface area contributed by atoms with Gasteiger partial charge in [0.2, 0.25) is 0 Å². The number of aromatic hydroxyl groups is 1. The smallest absolute Gasteiger partial charge is 0.410 e. The summed E-state index contributed by atoms with van der Waals surface area (Å²) < 4.78 is 10.5. The van der Waals surface area contributed by atoms with Crippen molar-refractivity contribution in [2.75, 3.05) is 32.1 Å². The van der Waals surface area contributed by atoms with E-state index in [1.165, 1.54) is 24.1 Å². The maximum atomic E-state index is 12.8. The molecule has 36 heavy (non-hydrogen) atoms. The minimum Gasteiger partial charge on any atom is -0.503 e. The molecule has 1 atom stereocenters. The van der Waals surface area contributed by atoms with Gasteiger partial charge in [-0.25, -0.2) is 9.59 Å². The number of carbonyl (C=O) groups is 3. The zero-order chi connectivity index (χ0) is 25.8. The fourth-order valence-electron chi connectivity index (χ4n) is 4.61. The van der Waals surface area contributed by atoms with Crippen LogP contribution in [0.1, 0.15) is 24.0 Å². The highest BCUT2D eigenvalue weighted by Gasteiger charge is 2.33. The molecule has 0 aliphatic carbocycles. The van der Waals surface area contributed by atoms with Crippen LogP contribution in [0.25, 0.3) is 0 Å². The lowest BCUT2D eigenvalue weighted by Crippen LogP contribution is -2.50. The SMILES string of the molecule is COc1cc(C[C@@H](OC(=O)N2CCC(N3CCc4ccccc4NC3=O)CC2)C(N)=O)cc(Cl)c1O. The molecule has 10 nitrogen and oxygen atoms in total. The standard InChI is InChI=1S/C25H29ClN4O6/c1-35-20-13-15(12-18(26)22(20)31)14-21(23(27)32)36-25(34)29-9-7-17(8-10-29)30-11-6-16-4-2-3-5-19(16)28-24(30)33/h2-5,12-13,17,21,31H,6-11,14H2,1H3,(H2,27,32)(H,28,33)/t21-/m1/s1. The van der Waals surface area contributed by atoms with Crippen molar-refractivity contribution in [3.8, 4) is 11.5 Å². The Kier molecular flexibility index (Phi) is 7.73. The number of urea groups is 1. The van der Waals surface area contributed by atoms with E-state index >= 15 is 0 Å². The monoisotopic (exact) mass is 516 g/mol. The number of fused-ring (bicyclic) bond motifs is 1. The quantitative estimate of drug-likeness (QED) is 0.540. The summed E-state index contributed by atoms with van der Waals surface area (Å²) >= 11 is 6.02. The first-order chi connectivity index (χ1) is 17.3. The van der Waals surface area contributed by atoms with Crippen molar-refractivity contribution in [1.82, 2.24) is 9.80 Å². The molecule has 0 aromatic heterocycles. The number of primary amides is 1. The zero-order valence-corrected chi connectivity index (χ0v) is 20.7. The lowest BCUT2D eigenvalue weighted by atomic mass is 10.0. The first-order valence-electron chi connectivity index (χ1n) is 11.7. The third kappa shape index (κ3) is 5.59. The van der Waals surface area contributed by atoms with Crippen molar-refractivity contribution in [2.45, 2.75) is 37.8 Å². The lowest BCUT2D eigenvalue weighted by Gasteiger charge is -2.37. The Morgan fingerprint density at radius 3 is 2.64 bits per heavy atom. The highest BCUT2D eigenvalue weighted by Crippen LogP contribution is 2.35. The molecule has 0 bridgehead atoms. The molecule has 4 amide bonds. The average molecular weight is 517 g/mol. The summed E-state index contributed by atoms with van der Waals surface area (Å²) in [4.78, 5) is 41.0. The van der Waals surface area contributed by atoms with Gasteiger partial charge >= 0.3 is 12.1 Å². The van der Waals surface area contributed by atoms with Crippen LogP contribution in [-0.4, -0.2) is 71.8 Å². The largest absolute Gasteiger partial charge is 0.503 e. The number of methoxy groups -OCH3 is 1. The van der Waals surface area contributed by atoms with Crippen LogP contribution in [0.4, 0.5) is 15.3 Å². The van der Waals surface area contributed by atoms with Crippen LogP contribution in [0.3, 0.4) is 0 Å². The molecular weight excluding hydrogens is 488 g/mol. The Labute approximate surface area is 213 Å². The van der Waals surface area contributed by atoms with Crippen molar-refractivity contribution in [3.63, 3.8) is 0 Å². The Bertz CT molecular complexity index is 1150. The molecule has 2 aromatic rings. The number of halogens is 1. The molecule has 2 aromatic carbocycles. The molecule has 0 spiro atoms. The average Bonchev–Trinajstić information content (AvgIpc) is 3.03. The molecule has 0 saturated carbocycles. The molecule has 0 radical (unpaired) electrons. The fourth-order valence-corrected chi connectivity index (χ4v) is 4.84. The van der Waals surface area contributed by atoms with Crippen LogP contribution in [0.5, 0.6) is 11.5 Å². The van der Waals surface area contributed by atoms with Crippen molar-refractivity contribution < 1.29 is 29.0 Å². The summed E-state index contributed by atoms with van der Waals surface area (Å²) in [6.45, 7) is 1.36. The van der Waals surface area contributed by atoms with Crippen LogP contribution >= 0.6 is 11.6 Å². The zero-order valence-electron chi connectivity index (χ0n) is 19.9. The first-order valence-corrected chi connectivity index (χ1v) is 12.1. The second-order valence-electron chi connectivity index (χ2n) is 8.86. The van der Waals surface area contributed by atoms with Crippen LogP contribution < -0.4 is 15.8 Å². The van der Waals surface area contributed by atoms with Crippen LogP contribution in [0, 0.1) is 0 Å². The van der Waals surface area contributed by atoms with Gasteiger partial charge in [0, 0.05) is 37.8 Å². The number of para-hydroxylation sites is 1. The molecule has 1 fully saturated rings. The normalized spacial score (nSPS) is 17.0. The van der Waals surface area contributed by atoms with Gasteiger partial charge in [0.15, 0.2) is 17.6 Å². The van der Waals surface area contributed by atoms with Crippen LogP contribution in [0.15, 0.2) is 36.4 Å². The van der Waals surface area contributed by atoms with Gasteiger partial charge < -0.3 is 35.4 Å². The third-order valence-corrected chi connectivity index (χ3v) is 6.88. The minimum atomic E-state index is -1.23. The predicted octanol–water partition coefficient (Wildman–Crippen LogP) is 3.14. The Balaban J connectivity index is 1.34. The number of amides is 4. The molecule has 2 aliphatic heterocycles. The van der Waals surface area contributed by atoms with E-state index in [0.29, 0.717) is 38.0 Å². The summed E-state index contributed by atoms with van der Waals surface area (Å²) in [5.74, 6) is -0.891. The molecule has 4 rings (SSSR count). The van der Waals surface area contributed by atoms with Gasteiger partial charge in [-0.15, -0.1) is 0 Å². The number of ether oxygens (including phenoxy) is 2. The Hall–Kier alpha value is -3.66. The van der Waals surface area contributed by atoms with Crippen molar-refractivity contribution >= 4 is 35.3 Å². The number of hydrogen-bond donors (Lipinski definition) is 3.